The highest BCUT2D eigenvalue weighted by molar-refractivity contribution is 8.06. The van der Waals surface area contributed by atoms with Crippen LogP contribution in [0.4, 0.5) is 50.9 Å². The van der Waals surface area contributed by atoms with Crippen LogP contribution in [0.3, 0.4) is 0 Å². The monoisotopic (exact) mass is 1180 g/mol. The zero-order valence-corrected chi connectivity index (χ0v) is 48.0. The van der Waals surface area contributed by atoms with Gasteiger partial charge in [-0.15, -0.1) is 10.2 Å². The molecule has 0 spiro atoms. The maximum Gasteiger partial charge on any atom is 0.460 e. The van der Waals surface area contributed by atoms with Crippen LogP contribution in [0.2, 0.25) is 0 Å². The van der Waals surface area contributed by atoms with Crippen LogP contribution < -0.4 is 4.90 Å². The lowest BCUT2D eigenvalue weighted by atomic mass is 9.78. The van der Waals surface area contributed by atoms with Gasteiger partial charge in [0.1, 0.15) is 11.8 Å². The minimum Gasteiger partial charge on any atom is -0.743 e. The Morgan fingerprint density at radius 1 is 0.797 bits per heavy atom. The Morgan fingerprint density at radius 3 is 2.01 bits per heavy atom. The second-order valence-electron chi connectivity index (χ2n) is 20.4. The number of aromatic nitrogens is 2. The fourth-order valence-electron chi connectivity index (χ4n) is 10.2. The smallest absolute Gasteiger partial charge is 0.460 e. The molecule has 79 heavy (non-hydrogen) atoms. The van der Waals surface area contributed by atoms with Gasteiger partial charge in [0, 0.05) is 52.4 Å². The third-order valence-electron chi connectivity index (χ3n) is 14.2. The first-order valence-corrected chi connectivity index (χ1v) is 29.7. The summed E-state index contributed by atoms with van der Waals surface area (Å²) < 4.78 is 145. The number of halogens is 9. The van der Waals surface area contributed by atoms with Crippen LogP contribution in [0.15, 0.2) is 128 Å². The number of allylic oxidation sites excluding steroid dienone is 7. The predicted molar refractivity (Wildman–Crippen MR) is 295 cm³/mol. The summed E-state index contributed by atoms with van der Waals surface area (Å²) in [5.74, 6) is -15.0. The van der Waals surface area contributed by atoms with Crippen LogP contribution in [0.25, 0.3) is 21.5 Å². The van der Waals surface area contributed by atoms with E-state index in [1.54, 1.807) is 23.1 Å². The summed E-state index contributed by atoms with van der Waals surface area (Å²) in [4.78, 5) is 16.4. The molecule has 1 atom stereocenters. The number of rotatable bonds is 18. The highest BCUT2D eigenvalue weighted by atomic mass is 32.2. The summed E-state index contributed by atoms with van der Waals surface area (Å²) in [5.41, 5.74) is 10.5. The Kier molecular flexibility index (Phi) is 18.5. The van der Waals surface area contributed by atoms with Crippen molar-refractivity contribution >= 4 is 89.6 Å². The van der Waals surface area contributed by atoms with Crippen molar-refractivity contribution in [1.29, 1.82) is 0 Å². The van der Waals surface area contributed by atoms with E-state index in [4.69, 9.17) is 9.84 Å². The number of carbonyl (C=O) groups is 1. The first-order valence-electron chi connectivity index (χ1n) is 25.8. The number of fused-ring (bicyclic) bond motifs is 6. The molecule has 0 saturated carbocycles. The Hall–Kier alpha value is -5.16. The number of nitrogens with zero attached hydrogens (tertiary/aromatic N) is 4. The van der Waals surface area contributed by atoms with Crippen LogP contribution in [-0.2, 0) is 30.5 Å². The summed E-state index contributed by atoms with van der Waals surface area (Å²) >= 11 is 4.71. The van der Waals surface area contributed by atoms with E-state index in [2.05, 4.69) is 153 Å². The molecule has 0 amide bonds. The van der Waals surface area contributed by atoms with Crippen LogP contribution in [0.1, 0.15) is 111 Å². The van der Waals surface area contributed by atoms with Gasteiger partial charge in [0.05, 0.1) is 12.0 Å². The van der Waals surface area contributed by atoms with Crippen molar-refractivity contribution in [3.05, 3.63) is 130 Å². The Labute approximate surface area is 466 Å². The molecule has 4 aromatic carbocycles. The van der Waals surface area contributed by atoms with Gasteiger partial charge in [-0.05, 0) is 110 Å². The van der Waals surface area contributed by atoms with E-state index < -0.39 is 33.4 Å². The van der Waals surface area contributed by atoms with Gasteiger partial charge in [-0.3, -0.25) is 4.79 Å². The van der Waals surface area contributed by atoms with E-state index in [1.165, 1.54) is 83.3 Å². The normalized spacial score (nSPS) is 18.2. The van der Waals surface area contributed by atoms with Gasteiger partial charge < -0.3 is 14.2 Å². The molecule has 3 aliphatic rings. The molecule has 9 nitrogen and oxygen atoms in total. The van der Waals surface area contributed by atoms with Crippen molar-refractivity contribution in [2.45, 2.75) is 148 Å². The number of ether oxygens (including phenoxy) is 1. The molecule has 1 aliphatic carbocycles. The third-order valence-corrected chi connectivity index (χ3v) is 18.5. The predicted octanol–water partition coefficient (Wildman–Crippen LogP) is 16.2. The second kappa shape index (κ2) is 23.7. The fraction of sp³-hybridized carbons (Fsp3) is 0.439. The van der Waals surface area contributed by atoms with Gasteiger partial charge in [0.25, 0.3) is 0 Å². The lowest BCUT2D eigenvalue weighted by Crippen LogP contribution is -2.63. The molecule has 0 saturated heterocycles. The van der Waals surface area contributed by atoms with Crippen molar-refractivity contribution in [3.8, 4) is 0 Å². The number of thioether (sulfide) groups is 2. The van der Waals surface area contributed by atoms with E-state index in [0.717, 1.165) is 66.7 Å². The van der Waals surface area contributed by atoms with Gasteiger partial charge in [-0.1, -0.05) is 142 Å². The van der Waals surface area contributed by atoms with E-state index >= 15 is 0 Å². The van der Waals surface area contributed by atoms with Gasteiger partial charge in [0.2, 0.25) is 5.69 Å². The number of anilines is 1. The van der Waals surface area contributed by atoms with Crippen LogP contribution in [0.5, 0.6) is 0 Å². The molecule has 1 aromatic heterocycles. The number of esters is 1. The molecule has 3 heterocycles. The molecule has 426 valence electrons. The molecule has 22 heteroatoms. The van der Waals surface area contributed by atoms with Crippen molar-refractivity contribution in [2.24, 2.45) is 0 Å². The molecule has 1 unspecified atom stereocenters. The molecular weight excluding hydrogens is 1120 g/mol. The Balaban J connectivity index is 0.000000459. The van der Waals surface area contributed by atoms with Crippen molar-refractivity contribution in [2.75, 3.05) is 24.6 Å². The van der Waals surface area contributed by atoms with Gasteiger partial charge in [-0.2, -0.15) is 44.1 Å². The summed E-state index contributed by atoms with van der Waals surface area (Å²) in [6.45, 7) is 20.2. The summed E-state index contributed by atoms with van der Waals surface area (Å²) in [5, 5.41) is 7.05. The highest BCUT2D eigenvalue weighted by Crippen LogP contribution is 2.55. The number of benzene rings is 4. The van der Waals surface area contributed by atoms with E-state index in [-0.39, 0.29) is 22.0 Å². The molecule has 0 bridgehead atoms. The number of alkyl halides is 9. The molecular formula is C57H61F9N4O5S4. The van der Waals surface area contributed by atoms with E-state index in [1.807, 2.05) is 13.8 Å². The van der Waals surface area contributed by atoms with E-state index in [9.17, 15) is 57.3 Å². The maximum atomic E-state index is 12.5. The van der Waals surface area contributed by atoms with Crippen LogP contribution in [-0.4, -0.2) is 87.6 Å². The fourth-order valence-corrected chi connectivity index (χ4v) is 14.1. The Bertz CT molecular complexity index is 3380. The molecule has 5 aromatic rings. The number of unbranched alkanes of at least 4 members (excludes halogenated alkanes) is 2. The summed E-state index contributed by atoms with van der Waals surface area (Å²) in [6, 6.07) is 27.0. The quantitative estimate of drug-likeness (QED) is 0.0276. The highest BCUT2D eigenvalue weighted by Gasteiger charge is 2.83. The standard InChI is InChI=1S/C53H61N4O2S3.C4HF9O3S/c1-9-12-33-56-42-29-25-36-19-14-16-23-40(36)46(42)52(5,6)44(56)31-27-38-21-18-22-39(48(38)61-51-55-54-50(62-51)60-35(4)49(58)59-11-3)28-32-45-53(7,8)47-41-24-17-15-20-37(41)26-30-43(47)57(45)34-13-10-2;5-1(6,3(9,10)11)2(7,8)4(12,13)17(14,15)16/h14-17,19-20,23-32,35H,9-13,18,21-22,33-34H2,1-8H3;(H,14,15,16)/q+1;/p-1. The maximum absolute atomic E-state index is 12.5. The van der Waals surface area contributed by atoms with Crippen molar-refractivity contribution < 1.29 is 66.6 Å². The second-order valence-corrected chi connectivity index (χ2v) is 25.6. The summed E-state index contributed by atoms with van der Waals surface area (Å²) in [6.07, 6.45) is 10.1. The average molecular weight is 1180 g/mol. The number of carbonyl (C=O) groups excluding carboxylic acids is 1. The van der Waals surface area contributed by atoms with E-state index in [0.29, 0.717) is 6.61 Å². The zero-order valence-electron chi connectivity index (χ0n) is 44.8. The number of hydrogen-bond acceptors (Lipinski definition) is 11. The summed E-state index contributed by atoms with van der Waals surface area (Å²) in [7, 11) is -7.42. The molecule has 2 aliphatic heterocycles. The Morgan fingerprint density at radius 2 is 1.41 bits per heavy atom. The minimum absolute atomic E-state index is 0.178. The van der Waals surface area contributed by atoms with Crippen LogP contribution >= 0.6 is 34.9 Å². The zero-order chi connectivity index (χ0) is 58.1. The SMILES string of the molecule is CCCCN1/C(=C/C=C2\CCCC(/C=C/C3=[N+](CCCC)c4ccc5ccccc5c4C3(C)C)=C2Sc2nnc(SC(C)C(=O)OCC)s2)C(C)(C)c2c1ccc1ccccc21.O=S(=O)([O-])C(F)(F)C(F)(F)C(F)(F)C(F)(F)F. The molecule has 0 fully saturated rings. The van der Waals surface area contributed by atoms with Crippen LogP contribution in [0, 0.1) is 0 Å². The lowest BCUT2D eigenvalue weighted by molar-refractivity contribution is -0.438. The third kappa shape index (κ3) is 12.0. The van der Waals surface area contributed by atoms with Crippen molar-refractivity contribution in [1.82, 2.24) is 10.2 Å². The lowest BCUT2D eigenvalue weighted by Gasteiger charge is -2.34. The first-order chi connectivity index (χ1) is 37.0. The average Bonchev–Trinajstić information content (AvgIpc) is 3.88. The molecule has 0 radical (unpaired) electrons. The number of hydrogen-bond donors (Lipinski definition) is 0. The first kappa shape index (κ1) is 61.5. The topological polar surface area (TPSA) is 116 Å². The van der Waals surface area contributed by atoms with Crippen molar-refractivity contribution in [3.63, 3.8) is 0 Å². The minimum atomic E-state index is -7.43. The molecule has 8 rings (SSSR count). The van der Waals surface area contributed by atoms with Gasteiger partial charge >= 0.3 is 29.2 Å². The largest absolute Gasteiger partial charge is 0.743 e. The van der Waals surface area contributed by atoms with Gasteiger partial charge in [-0.25, -0.2) is 8.42 Å². The van der Waals surface area contributed by atoms with Gasteiger partial charge in [0.15, 0.2) is 24.5 Å². The molecule has 0 N–H and O–H groups in total.